The zero-order valence-corrected chi connectivity index (χ0v) is 19.5. The first-order valence-electron chi connectivity index (χ1n) is 10.9. The highest BCUT2D eigenvalue weighted by atomic mass is 32.2. The SMILES string of the molecule is Cc1noc(C)c1COc1ccc(C(=O)Nc2cccc(S(=O)(=O)N3CCCCC3)c2)cc1. The number of nitrogens with one attached hydrogen (secondary N) is 1. The Morgan fingerprint density at radius 3 is 2.48 bits per heavy atom. The Hall–Kier alpha value is -3.17. The van der Waals surface area contributed by atoms with Gasteiger partial charge in [0, 0.05) is 24.3 Å². The van der Waals surface area contributed by atoms with Gasteiger partial charge in [-0.15, -0.1) is 0 Å². The highest BCUT2D eigenvalue weighted by molar-refractivity contribution is 7.89. The van der Waals surface area contributed by atoms with Crippen molar-refractivity contribution >= 4 is 21.6 Å². The number of carbonyl (C=O) groups is 1. The van der Waals surface area contributed by atoms with Crippen molar-refractivity contribution in [1.29, 1.82) is 0 Å². The fourth-order valence-electron chi connectivity index (χ4n) is 3.76. The van der Waals surface area contributed by atoms with Crippen molar-refractivity contribution in [3.05, 3.63) is 71.1 Å². The summed E-state index contributed by atoms with van der Waals surface area (Å²) in [6.07, 6.45) is 2.78. The van der Waals surface area contributed by atoms with Crippen LogP contribution in [0.2, 0.25) is 0 Å². The molecule has 1 fully saturated rings. The topological polar surface area (TPSA) is 102 Å². The minimum Gasteiger partial charge on any atom is -0.489 e. The summed E-state index contributed by atoms with van der Waals surface area (Å²) in [4.78, 5) is 12.9. The van der Waals surface area contributed by atoms with E-state index in [4.69, 9.17) is 9.26 Å². The number of amides is 1. The highest BCUT2D eigenvalue weighted by Crippen LogP contribution is 2.24. The van der Waals surface area contributed by atoms with Crippen LogP contribution in [0.4, 0.5) is 5.69 Å². The van der Waals surface area contributed by atoms with Crippen LogP contribution in [0.15, 0.2) is 57.9 Å². The van der Waals surface area contributed by atoms with Crippen molar-refractivity contribution in [2.75, 3.05) is 18.4 Å². The summed E-state index contributed by atoms with van der Waals surface area (Å²) in [7, 11) is -3.57. The van der Waals surface area contributed by atoms with E-state index in [0.29, 0.717) is 42.5 Å². The zero-order chi connectivity index (χ0) is 23.4. The van der Waals surface area contributed by atoms with E-state index >= 15 is 0 Å². The smallest absolute Gasteiger partial charge is 0.255 e. The zero-order valence-electron chi connectivity index (χ0n) is 18.7. The van der Waals surface area contributed by atoms with Crippen LogP contribution in [0.1, 0.15) is 46.6 Å². The summed E-state index contributed by atoms with van der Waals surface area (Å²) in [5.41, 5.74) is 2.55. The van der Waals surface area contributed by atoms with Crippen molar-refractivity contribution in [3.63, 3.8) is 0 Å². The number of benzene rings is 2. The lowest BCUT2D eigenvalue weighted by atomic mass is 10.2. The van der Waals surface area contributed by atoms with Crippen molar-refractivity contribution in [2.45, 2.75) is 44.6 Å². The van der Waals surface area contributed by atoms with Gasteiger partial charge in [0.1, 0.15) is 18.1 Å². The minimum absolute atomic E-state index is 0.185. The molecule has 2 heterocycles. The molecule has 0 aliphatic carbocycles. The maximum atomic E-state index is 12.9. The summed E-state index contributed by atoms with van der Waals surface area (Å²) < 4.78 is 38.2. The summed E-state index contributed by atoms with van der Waals surface area (Å²) in [6, 6.07) is 13.1. The third-order valence-corrected chi connectivity index (χ3v) is 7.62. The molecule has 8 nitrogen and oxygen atoms in total. The Morgan fingerprint density at radius 2 is 1.82 bits per heavy atom. The Balaban J connectivity index is 1.40. The molecule has 1 aliphatic heterocycles. The number of hydrogen-bond acceptors (Lipinski definition) is 6. The molecule has 9 heteroatoms. The largest absolute Gasteiger partial charge is 0.489 e. The number of nitrogens with zero attached hydrogens (tertiary/aromatic N) is 2. The minimum atomic E-state index is -3.57. The molecule has 174 valence electrons. The third-order valence-electron chi connectivity index (χ3n) is 5.73. The van der Waals surface area contributed by atoms with Gasteiger partial charge in [0.25, 0.3) is 5.91 Å². The van der Waals surface area contributed by atoms with Crippen molar-refractivity contribution < 1.29 is 22.5 Å². The van der Waals surface area contributed by atoms with E-state index in [1.165, 1.54) is 10.4 Å². The molecule has 1 N–H and O–H groups in total. The molecule has 4 rings (SSSR count). The second-order valence-corrected chi connectivity index (χ2v) is 10.0. The standard InChI is InChI=1S/C24H27N3O5S/c1-17-23(18(2)32-26-17)16-31-21-11-9-19(10-12-21)24(28)25-20-7-6-8-22(15-20)33(29,30)27-13-4-3-5-14-27/h6-12,15H,3-5,13-14,16H2,1-2H3,(H,25,28). The molecule has 0 spiro atoms. The van der Waals surface area contributed by atoms with Gasteiger partial charge in [-0.05, 0) is 69.2 Å². The second-order valence-electron chi connectivity index (χ2n) is 8.06. The summed E-state index contributed by atoms with van der Waals surface area (Å²) in [5, 5.41) is 6.68. The number of aryl methyl sites for hydroxylation is 2. The van der Waals surface area contributed by atoms with E-state index in [1.54, 1.807) is 42.5 Å². The highest BCUT2D eigenvalue weighted by Gasteiger charge is 2.26. The molecular formula is C24H27N3O5S. The average molecular weight is 470 g/mol. The summed E-state index contributed by atoms with van der Waals surface area (Å²) in [6.45, 7) is 5.08. The van der Waals surface area contributed by atoms with Gasteiger partial charge in [0.15, 0.2) is 0 Å². The number of piperidine rings is 1. The Labute approximate surface area is 193 Å². The van der Waals surface area contributed by atoms with Crippen LogP contribution in [0, 0.1) is 13.8 Å². The first-order chi connectivity index (χ1) is 15.8. The van der Waals surface area contributed by atoms with E-state index in [2.05, 4.69) is 10.5 Å². The molecule has 0 bridgehead atoms. The molecule has 1 aliphatic rings. The average Bonchev–Trinajstić information content (AvgIpc) is 3.15. The van der Waals surface area contributed by atoms with Gasteiger partial charge >= 0.3 is 0 Å². The quantitative estimate of drug-likeness (QED) is 0.554. The van der Waals surface area contributed by atoms with E-state index in [-0.39, 0.29) is 10.8 Å². The lowest BCUT2D eigenvalue weighted by Gasteiger charge is -2.26. The maximum Gasteiger partial charge on any atom is 0.255 e. The Kier molecular flexibility index (Phi) is 6.80. The molecule has 0 saturated carbocycles. The van der Waals surface area contributed by atoms with E-state index in [1.807, 2.05) is 13.8 Å². The number of anilines is 1. The number of sulfonamides is 1. The van der Waals surface area contributed by atoms with Crippen LogP contribution in [0.3, 0.4) is 0 Å². The summed E-state index contributed by atoms with van der Waals surface area (Å²) in [5.74, 6) is 0.994. The van der Waals surface area contributed by atoms with Crippen LogP contribution in [0.25, 0.3) is 0 Å². The van der Waals surface area contributed by atoms with Gasteiger partial charge in [-0.3, -0.25) is 4.79 Å². The molecule has 0 atom stereocenters. The fraction of sp³-hybridized carbons (Fsp3) is 0.333. The number of carbonyl (C=O) groups excluding carboxylic acids is 1. The van der Waals surface area contributed by atoms with Gasteiger partial charge in [-0.2, -0.15) is 4.31 Å². The van der Waals surface area contributed by atoms with E-state index in [0.717, 1.165) is 30.5 Å². The molecule has 1 saturated heterocycles. The molecular weight excluding hydrogens is 442 g/mol. The number of ether oxygens (including phenoxy) is 1. The first-order valence-corrected chi connectivity index (χ1v) is 12.3. The van der Waals surface area contributed by atoms with Crippen LogP contribution in [0.5, 0.6) is 5.75 Å². The second kappa shape index (κ2) is 9.76. The first kappa shape index (κ1) is 23.0. The lowest BCUT2D eigenvalue weighted by Crippen LogP contribution is -2.35. The van der Waals surface area contributed by atoms with Crippen molar-refractivity contribution in [1.82, 2.24) is 9.46 Å². The molecule has 1 amide bonds. The van der Waals surface area contributed by atoms with Gasteiger partial charge in [0.2, 0.25) is 10.0 Å². The molecule has 0 radical (unpaired) electrons. The molecule has 33 heavy (non-hydrogen) atoms. The predicted molar refractivity (Wildman–Crippen MR) is 124 cm³/mol. The molecule has 3 aromatic rings. The van der Waals surface area contributed by atoms with E-state index < -0.39 is 10.0 Å². The lowest BCUT2D eigenvalue weighted by molar-refractivity contribution is 0.102. The summed E-state index contributed by atoms with van der Waals surface area (Å²) >= 11 is 0. The third kappa shape index (κ3) is 5.26. The van der Waals surface area contributed by atoms with Gasteiger partial charge in [-0.25, -0.2) is 8.42 Å². The number of rotatable bonds is 7. The Morgan fingerprint density at radius 1 is 1.09 bits per heavy atom. The maximum absolute atomic E-state index is 12.9. The fourth-order valence-corrected chi connectivity index (χ4v) is 5.32. The molecule has 1 aromatic heterocycles. The Bertz CT molecular complexity index is 1210. The van der Waals surface area contributed by atoms with Gasteiger partial charge < -0.3 is 14.6 Å². The number of aromatic nitrogens is 1. The van der Waals surface area contributed by atoms with Crippen molar-refractivity contribution in [3.8, 4) is 5.75 Å². The normalized spacial score (nSPS) is 14.7. The van der Waals surface area contributed by atoms with Crippen LogP contribution >= 0.6 is 0 Å². The van der Waals surface area contributed by atoms with Crippen LogP contribution in [-0.2, 0) is 16.6 Å². The monoisotopic (exact) mass is 469 g/mol. The van der Waals surface area contributed by atoms with Crippen LogP contribution < -0.4 is 10.1 Å². The predicted octanol–water partition coefficient (Wildman–Crippen LogP) is 4.30. The van der Waals surface area contributed by atoms with Gasteiger partial charge in [-0.1, -0.05) is 17.6 Å². The van der Waals surface area contributed by atoms with E-state index in [9.17, 15) is 13.2 Å². The molecule has 2 aromatic carbocycles. The molecule has 0 unspecified atom stereocenters. The van der Waals surface area contributed by atoms with Gasteiger partial charge in [0.05, 0.1) is 16.2 Å². The number of hydrogen-bond donors (Lipinski definition) is 1. The van der Waals surface area contributed by atoms with Crippen molar-refractivity contribution in [2.24, 2.45) is 0 Å². The van der Waals surface area contributed by atoms with Crippen LogP contribution in [-0.4, -0.2) is 36.9 Å².